The maximum atomic E-state index is 13.3. The molecule has 0 saturated carbocycles. The lowest BCUT2D eigenvalue weighted by Gasteiger charge is -2.28. The van der Waals surface area contributed by atoms with E-state index in [-0.39, 0.29) is 12.0 Å². The van der Waals surface area contributed by atoms with Gasteiger partial charge in [0.2, 0.25) is 0 Å². The summed E-state index contributed by atoms with van der Waals surface area (Å²) in [5.41, 5.74) is 1.94. The average molecular weight is 436 g/mol. The van der Waals surface area contributed by atoms with Gasteiger partial charge in [0, 0.05) is 49.8 Å². The molecule has 2 aliphatic rings. The summed E-state index contributed by atoms with van der Waals surface area (Å²) < 4.78 is 16.7. The monoisotopic (exact) mass is 435 g/mol. The van der Waals surface area contributed by atoms with E-state index in [0.29, 0.717) is 18.8 Å². The molecule has 0 aliphatic carbocycles. The number of rotatable bonds is 7. The highest BCUT2D eigenvalue weighted by atomic mass is 16.5. The number of aromatic nitrogens is 1. The molecule has 32 heavy (non-hydrogen) atoms. The zero-order valence-corrected chi connectivity index (χ0v) is 18.5. The molecule has 0 radical (unpaired) electrons. The predicted molar refractivity (Wildman–Crippen MR) is 122 cm³/mol. The van der Waals surface area contributed by atoms with Gasteiger partial charge in [-0.05, 0) is 56.0 Å². The molecule has 5 rings (SSSR count). The minimum absolute atomic E-state index is 0.0572. The second-order valence-electron chi connectivity index (χ2n) is 8.52. The van der Waals surface area contributed by atoms with Crippen molar-refractivity contribution in [3.8, 4) is 5.75 Å². The van der Waals surface area contributed by atoms with Crippen LogP contribution in [0.3, 0.4) is 0 Å². The Kier molecular flexibility index (Phi) is 5.99. The first-order valence-electron chi connectivity index (χ1n) is 11.4. The first-order valence-corrected chi connectivity index (χ1v) is 11.4. The van der Waals surface area contributed by atoms with Gasteiger partial charge in [-0.15, -0.1) is 0 Å². The minimum Gasteiger partial charge on any atom is -0.497 e. The number of hydrogen-bond acceptors (Lipinski definition) is 6. The Labute approximate surface area is 187 Å². The summed E-state index contributed by atoms with van der Waals surface area (Å²) >= 11 is 0. The first-order chi connectivity index (χ1) is 15.7. The lowest BCUT2D eigenvalue weighted by molar-refractivity contribution is 0.0484. The summed E-state index contributed by atoms with van der Waals surface area (Å²) in [6.07, 6.45) is 5.91. The largest absolute Gasteiger partial charge is 0.497 e. The van der Waals surface area contributed by atoms with Crippen LogP contribution < -0.4 is 9.64 Å². The first kappa shape index (κ1) is 20.8. The van der Waals surface area contributed by atoms with E-state index in [1.54, 1.807) is 19.2 Å². The number of anilines is 1. The van der Waals surface area contributed by atoms with Crippen LogP contribution in [0.5, 0.6) is 5.75 Å². The molecule has 1 atom stereocenters. The number of ether oxygens (including phenoxy) is 2. The summed E-state index contributed by atoms with van der Waals surface area (Å²) in [5.74, 6) is 1.97. The van der Waals surface area contributed by atoms with Gasteiger partial charge < -0.3 is 23.7 Å². The number of benzene rings is 1. The van der Waals surface area contributed by atoms with E-state index in [9.17, 15) is 4.79 Å². The number of pyridine rings is 1. The Morgan fingerprint density at radius 2 is 2.09 bits per heavy atom. The fraction of sp³-hybridized carbons (Fsp3) is 0.440. The van der Waals surface area contributed by atoms with Crippen LogP contribution in [0.1, 0.15) is 41.8 Å². The molecule has 4 heterocycles. The van der Waals surface area contributed by atoms with Crippen molar-refractivity contribution in [3.05, 3.63) is 54.0 Å². The molecular weight excluding hydrogens is 406 g/mol. The lowest BCUT2D eigenvalue weighted by atomic mass is 10.1. The van der Waals surface area contributed by atoms with Crippen LogP contribution in [-0.2, 0) is 11.3 Å². The highest BCUT2D eigenvalue weighted by Gasteiger charge is 2.27. The molecule has 1 amide bonds. The molecule has 0 bridgehead atoms. The maximum Gasteiger partial charge on any atom is 0.289 e. The smallest absolute Gasteiger partial charge is 0.289 e. The van der Waals surface area contributed by atoms with Crippen molar-refractivity contribution in [1.82, 2.24) is 9.88 Å². The Morgan fingerprint density at radius 3 is 2.81 bits per heavy atom. The molecular formula is C25H29N3O4. The van der Waals surface area contributed by atoms with Crippen molar-refractivity contribution in [1.29, 1.82) is 0 Å². The number of furan rings is 1. The van der Waals surface area contributed by atoms with Crippen LogP contribution in [-0.4, -0.2) is 55.2 Å². The van der Waals surface area contributed by atoms with Gasteiger partial charge in [-0.1, -0.05) is 0 Å². The molecule has 0 N–H and O–H groups in total. The second kappa shape index (κ2) is 9.20. The Bertz CT molecular complexity index is 1070. The predicted octanol–water partition coefficient (Wildman–Crippen LogP) is 4.26. The molecule has 0 spiro atoms. The van der Waals surface area contributed by atoms with Crippen LogP contribution in [0.15, 0.2) is 47.1 Å². The van der Waals surface area contributed by atoms with E-state index in [0.717, 1.165) is 73.4 Å². The van der Waals surface area contributed by atoms with Crippen molar-refractivity contribution in [2.75, 3.05) is 38.3 Å². The van der Waals surface area contributed by atoms with Crippen molar-refractivity contribution in [3.63, 3.8) is 0 Å². The van der Waals surface area contributed by atoms with E-state index in [1.165, 1.54) is 6.26 Å². The highest BCUT2D eigenvalue weighted by molar-refractivity contribution is 5.91. The normalized spacial score (nSPS) is 18.4. The van der Waals surface area contributed by atoms with Crippen molar-refractivity contribution >= 4 is 22.6 Å². The molecule has 0 unspecified atom stereocenters. The van der Waals surface area contributed by atoms with Gasteiger partial charge in [0.25, 0.3) is 5.91 Å². The highest BCUT2D eigenvalue weighted by Crippen LogP contribution is 2.30. The number of methoxy groups -OCH3 is 1. The SMILES string of the molecule is COc1ccc2cc(CN(C[C@H]3CCCO3)C(=O)c3ccco3)c(N3CCCC3)nc2c1. The number of nitrogens with zero attached hydrogens (tertiary/aromatic N) is 3. The molecule has 168 valence electrons. The molecule has 2 fully saturated rings. The lowest BCUT2D eigenvalue weighted by Crippen LogP contribution is -2.37. The van der Waals surface area contributed by atoms with Gasteiger partial charge in [-0.3, -0.25) is 4.79 Å². The van der Waals surface area contributed by atoms with E-state index < -0.39 is 0 Å². The minimum atomic E-state index is -0.118. The number of amides is 1. The summed E-state index contributed by atoms with van der Waals surface area (Å²) in [6.45, 7) is 3.71. The van der Waals surface area contributed by atoms with Gasteiger partial charge in [-0.25, -0.2) is 4.98 Å². The Hall–Kier alpha value is -3.06. The van der Waals surface area contributed by atoms with Crippen molar-refractivity contribution in [2.45, 2.75) is 38.3 Å². The summed E-state index contributed by atoms with van der Waals surface area (Å²) in [5, 5.41) is 1.03. The third-order valence-electron chi connectivity index (χ3n) is 6.31. The van der Waals surface area contributed by atoms with E-state index in [4.69, 9.17) is 18.9 Å². The fourth-order valence-corrected chi connectivity index (χ4v) is 4.64. The van der Waals surface area contributed by atoms with E-state index >= 15 is 0 Å². The van der Waals surface area contributed by atoms with Crippen molar-refractivity contribution in [2.24, 2.45) is 0 Å². The van der Waals surface area contributed by atoms with Crippen LogP contribution in [0, 0.1) is 0 Å². The molecule has 7 heteroatoms. The van der Waals surface area contributed by atoms with Crippen LogP contribution in [0.2, 0.25) is 0 Å². The van der Waals surface area contributed by atoms with Crippen LogP contribution in [0.4, 0.5) is 5.82 Å². The van der Waals surface area contributed by atoms with Gasteiger partial charge in [-0.2, -0.15) is 0 Å². The second-order valence-corrected chi connectivity index (χ2v) is 8.52. The molecule has 1 aromatic carbocycles. The number of hydrogen-bond donors (Lipinski definition) is 0. The quantitative estimate of drug-likeness (QED) is 0.552. The standard InChI is InChI=1S/C25H29N3O4/c1-30-20-9-8-18-14-19(24(26-22(18)15-20)27-10-2-3-11-27)16-28(17-21-6-4-12-31-21)25(29)23-7-5-13-32-23/h5,7-9,13-15,21H,2-4,6,10-12,16-17H2,1H3/t21-/m1/s1. The summed E-state index contributed by atoms with van der Waals surface area (Å²) in [6, 6.07) is 11.6. The molecule has 2 aliphatic heterocycles. The third kappa shape index (κ3) is 4.30. The number of carbonyl (C=O) groups excluding carboxylic acids is 1. The summed E-state index contributed by atoms with van der Waals surface area (Å²) in [4.78, 5) is 22.5. The third-order valence-corrected chi connectivity index (χ3v) is 6.31. The Balaban J connectivity index is 1.52. The zero-order chi connectivity index (χ0) is 21.9. The molecule has 2 saturated heterocycles. The average Bonchev–Trinajstić information content (AvgIpc) is 3.61. The maximum absolute atomic E-state index is 13.3. The van der Waals surface area contributed by atoms with Gasteiger partial charge >= 0.3 is 0 Å². The summed E-state index contributed by atoms with van der Waals surface area (Å²) in [7, 11) is 1.67. The van der Waals surface area contributed by atoms with Crippen LogP contribution >= 0.6 is 0 Å². The number of fused-ring (bicyclic) bond motifs is 1. The van der Waals surface area contributed by atoms with E-state index in [1.807, 2.05) is 23.1 Å². The number of carbonyl (C=O) groups is 1. The van der Waals surface area contributed by atoms with Crippen molar-refractivity contribution < 1.29 is 18.7 Å². The van der Waals surface area contributed by atoms with Gasteiger partial charge in [0.1, 0.15) is 11.6 Å². The van der Waals surface area contributed by atoms with Gasteiger partial charge in [0.05, 0.1) is 25.0 Å². The van der Waals surface area contributed by atoms with E-state index in [2.05, 4.69) is 11.0 Å². The van der Waals surface area contributed by atoms with Gasteiger partial charge in [0.15, 0.2) is 5.76 Å². The Morgan fingerprint density at radius 1 is 1.22 bits per heavy atom. The zero-order valence-electron chi connectivity index (χ0n) is 18.5. The molecule has 3 aromatic rings. The van der Waals surface area contributed by atoms with Crippen LogP contribution in [0.25, 0.3) is 10.9 Å². The molecule has 7 nitrogen and oxygen atoms in total. The topological polar surface area (TPSA) is 68.0 Å². The molecule has 2 aromatic heterocycles. The fourth-order valence-electron chi connectivity index (χ4n) is 4.64.